The van der Waals surface area contributed by atoms with Crippen LogP contribution in [0.5, 0.6) is 17.2 Å². The number of methoxy groups -OCH3 is 3. The lowest BCUT2D eigenvalue weighted by Gasteiger charge is -2.23. The van der Waals surface area contributed by atoms with Crippen LogP contribution in [0.4, 0.5) is 11.4 Å². The molecule has 0 amide bonds. The average molecular weight is 473 g/mol. The van der Waals surface area contributed by atoms with E-state index in [0.717, 1.165) is 18.9 Å². The molecule has 2 aromatic rings. The van der Waals surface area contributed by atoms with E-state index in [9.17, 15) is 25.0 Å². The molecule has 34 heavy (non-hydrogen) atoms. The molecule has 12 nitrogen and oxygen atoms in total. The molecule has 1 saturated carbocycles. The van der Waals surface area contributed by atoms with Gasteiger partial charge in [-0.1, -0.05) is 11.6 Å². The van der Waals surface area contributed by atoms with Gasteiger partial charge in [-0.15, -0.1) is 0 Å². The van der Waals surface area contributed by atoms with Gasteiger partial charge in [-0.3, -0.25) is 20.2 Å². The summed E-state index contributed by atoms with van der Waals surface area (Å²) in [5.74, 6) is -0.459. The van der Waals surface area contributed by atoms with E-state index in [1.54, 1.807) is 0 Å². The van der Waals surface area contributed by atoms with Crippen molar-refractivity contribution < 1.29 is 33.7 Å². The third-order valence-electron chi connectivity index (χ3n) is 5.52. The first kappa shape index (κ1) is 24.4. The van der Waals surface area contributed by atoms with Crippen LogP contribution < -0.4 is 14.2 Å². The van der Waals surface area contributed by atoms with Crippen LogP contribution in [-0.4, -0.2) is 42.9 Å². The molecule has 1 fully saturated rings. The topological polar surface area (TPSA) is 153 Å². The van der Waals surface area contributed by atoms with Gasteiger partial charge < -0.3 is 19.0 Å². The van der Waals surface area contributed by atoms with Crippen LogP contribution >= 0.6 is 0 Å². The summed E-state index contributed by atoms with van der Waals surface area (Å²) < 4.78 is 15.7. The number of hydrogen-bond donors (Lipinski definition) is 0. The van der Waals surface area contributed by atoms with Gasteiger partial charge in [-0.25, -0.2) is 4.79 Å². The van der Waals surface area contributed by atoms with Crippen molar-refractivity contribution in [2.45, 2.75) is 31.6 Å². The van der Waals surface area contributed by atoms with Crippen molar-refractivity contribution in [2.24, 2.45) is 5.16 Å². The minimum absolute atomic E-state index is 0.104. The molecule has 3 rings (SSSR count). The first-order valence-electron chi connectivity index (χ1n) is 10.3. The number of rotatable bonds is 8. The van der Waals surface area contributed by atoms with Crippen molar-refractivity contribution >= 4 is 23.1 Å². The number of benzene rings is 2. The molecule has 1 aliphatic rings. The van der Waals surface area contributed by atoms with Crippen molar-refractivity contribution in [1.82, 2.24) is 0 Å². The molecule has 0 aromatic heterocycles. The summed E-state index contributed by atoms with van der Waals surface area (Å²) in [4.78, 5) is 39.2. The van der Waals surface area contributed by atoms with Gasteiger partial charge in [-0.2, -0.15) is 0 Å². The van der Waals surface area contributed by atoms with E-state index >= 15 is 0 Å². The largest absolute Gasteiger partial charge is 0.493 e. The maximum Gasteiger partial charge on any atom is 0.365 e. The maximum absolute atomic E-state index is 12.7. The highest BCUT2D eigenvalue weighted by Gasteiger charge is 2.31. The normalized spacial score (nSPS) is 16.6. The molecule has 0 aliphatic heterocycles. The Morgan fingerprint density at radius 3 is 2.21 bits per heavy atom. The molecule has 0 bridgehead atoms. The number of ether oxygens (including phenoxy) is 3. The van der Waals surface area contributed by atoms with E-state index in [1.165, 1.54) is 45.6 Å². The molecule has 180 valence electrons. The maximum atomic E-state index is 12.7. The number of nitro groups is 2. The fourth-order valence-corrected chi connectivity index (χ4v) is 3.89. The van der Waals surface area contributed by atoms with Crippen molar-refractivity contribution in [3.05, 3.63) is 61.7 Å². The molecule has 0 saturated heterocycles. The Balaban J connectivity index is 1.92. The molecule has 0 radical (unpaired) electrons. The molecule has 2 aromatic carbocycles. The van der Waals surface area contributed by atoms with Crippen LogP contribution in [0, 0.1) is 20.2 Å². The van der Waals surface area contributed by atoms with Crippen LogP contribution in [-0.2, 0) is 4.84 Å². The minimum atomic E-state index is -0.783. The second-order valence-corrected chi connectivity index (χ2v) is 7.43. The number of carbonyl (C=O) groups is 1. The average Bonchev–Trinajstić information content (AvgIpc) is 2.85. The molecular weight excluding hydrogens is 450 g/mol. The Morgan fingerprint density at radius 2 is 1.65 bits per heavy atom. The highest BCUT2D eigenvalue weighted by Crippen LogP contribution is 2.39. The van der Waals surface area contributed by atoms with Gasteiger partial charge in [0.15, 0.2) is 11.5 Å². The summed E-state index contributed by atoms with van der Waals surface area (Å²) in [6.07, 6.45) is 2.52. The first-order chi connectivity index (χ1) is 16.3. The Labute approximate surface area is 194 Å². The monoisotopic (exact) mass is 473 g/mol. The molecule has 0 heterocycles. The summed E-state index contributed by atoms with van der Waals surface area (Å²) in [7, 11) is 4.26. The van der Waals surface area contributed by atoms with E-state index in [0.29, 0.717) is 24.3 Å². The summed E-state index contributed by atoms with van der Waals surface area (Å²) in [6.45, 7) is 0. The fourth-order valence-electron chi connectivity index (χ4n) is 3.89. The van der Waals surface area contributed by atoms with Gasteiger partial charge in [0.25, 0.3) is 11.4 Å². The number of hydrogen-bond acceptors (Lipinski definition) is 10. The summed E-state index contributed by atoms with van der Waals surface area (Å²) in [5, 5.41) is 26.7. The third-order valence-corrected chi connectivity index (χ3v) is 5.52. The quantitative estimate of drug-likeness (QED) is 0.308. The van der Waals surface area contributed by atoms with E-state index in [1.807, 2.05) is 0 Å². The van der Waals surface area contributed by atoms with E-state index in [4.69, 9.17) is 19.0 Å². The van der Waals surface area contributed by atoms with Gasteiger partial charge in [0.1, 0.15) is 0 Å². The minimum Gasteiger partial charge on any atom is -0.493 e. The zero-order valence-electron chi connectivity index (χ0n) is 18.8. The van der Waals surface area contributed by atoms with Gasteiger partial charge in [0.2, 0.25) is 5.75 Å². The SMILES string of the molecule is COc1cc(C(=O)O/N=C2/CCCC[C@@H]2c2ccc([N+](=O)[O-])cc2[N+](=O)[O-])cc(OC)c1OC. The molecular formula is C22H23N3O9. The molecule has 0 unspecified atom stereocenters. The zero-order valence-corrected chi connectivity index (χ0v) is 18.8. The van der Waals surface area contributed by atoms with Gasteiger partial charge in [0.05, 0.1) is 48.5 Å². The number of oxime groups is 1. The molecule has 1 aliphatic carbocycles. The predicted octanol–water partition coefficient (Wildman–Crippen LogP) is 4.40. The van der Waals surface area contributed by atoms with Gasteiger partial charge in [0, 0.05) is 17.5 Å². The number of non-ortho nitro benzene ring substituents is 1. The van der Waals surface area contributed by atoms with Crippen LogP contribution in [0.1, 0.15) is 47.5 Å². The lowest BCUT2D eigenvalue weighted by molar-refractivity contribution is -0.394. The highest BCUT2D eigenvalue weighted by molar-refractivity contribution is 5.95. The first-order valence-corrected chi connectivity index (χ1v) is 10.3. The smallest absolute Gasteiger partial charge is 0.365 e. The molecule has 1 atom stereocenters. The molecule has 0 spiro atoms. The Bertz CT molecular complexity index is 1120. The fraction of sp³-hybridized carbons (Fsp3) is 0.364. The van der Waals surface area contributed by atoms with E-state index in [2.05, 4.69) is 5.16 Å². The van der Waals surface area contributed by atoms with E-state index < -0.39 is 21.7 Å². The van der Waals surface area contributed by atoms with Crippen LogP contribution in [0.3, 0.4) is 0 Å². The zero-order chi connectivity index (χ0) is 24.8. The lowest BCUT2D eigenvalue weighted by atomic mass is 9.81. The Morgan fingerprint density at radius 1 is 0.971 bits per heavy atom. The summed E-state index contributed by atoms with van der Waals surface area (Å²) in [6, 6.07) is 6.36. The molecule has 0 N–H and O–H groups in total. The number of carbonyl (C=O) groups excluding carboxylic acids is 1. The van der Waals surface area contributed by atoms with Crippen LogP contribution in [0.2, 0.25) is 0 Å². The van der Waals surface area contributed by atoms with E-state index in [-0.39, 0.29) is 34.0 Å². The second-order valence-electron chi connectivity index (χ2n) is 7.43. The van der Waals surface area contributed by atoms with Gasteiger partial charge >= 0.3 is 5.97 Å². The number of nitro benzene ring substituents is 2. The Kier molecular flexibility index (Phi) is 7.61. The standard InChI is InChI=1S/C22H23N3O9/c1-31-19-10-13(11-20(32-2)21(19)33-3)22(26)34-23-17-7-5-4-6-15(17)16-9-8-14(24(27)28)12-18(16)25(29)30/h8-12,15H,4-7H2,1-3H3/b23-17-/t15-/m1/s1. The van der Waals surface area contributed by atoms with Crippen molar-refractivity contribution in [3.8, 4) is 17.2 Å². The summed E-state index contributed by atoms with van der Waals surface area (Å²) >= 11 is 0. The van der Waals surface area contributed by atoms with Crippen molar-refractivity contribution in [2.75, 3.05) is 21.3 Å². The van der Waals surface area contributed by atoms with Crippen molar-refractivity contribution in [1.29, 1.82) is 0 Å². The molecule has 12 heteroatoms. The number of nitrogens with zero attached hydrogens (tertiary/aromatic N) is 3. The highest BCUT2D eigenvalue weighted by atomic mass is 16.7. The predicted molar refractivity (Wildman–Crippen MR) is 120 cm³/mol. The third kappa shape index (κ3) is 5.05. The second kappa shape index (κ2) is 10.6. The van der Waals surface area contributed by atoms with Crippen molar-refractivity contribution in [3.63, 3.8) is 0 Å². The van der Waals surface area contributed by atoms with Gasteiger partial charge in [-0.05, 0) is 37.5 Å². The Hall–Kier alpha value is -4.22. The lowest BCUT2D eigenvalue weighted by Crippen LogP contribution is -2.20. The summed E-state index contributed by atoms with van der Waals surface area (Å²) in [5.41, 5.74) is 0.0951. The van der Waals surface area contributed by atoms with Crippen LogP contribution in [0.15, 0.2) is 35.5 Å². The van der Waals surface area contributed by atoms with Crippen LogP contribution in [0.25, 0.3) is 0 Å².